The molecule has 2 rings (SSSR count). The van der Waals surface area contributed by atoms with Crippen molar-refractivity contribution in [2.24, 2.45) is 11.7 Å². The molecule has 1 fully saturated rings. The Morgan fingerprint density at radius 1 is 1.33 bits per heavy atom. The van der Waals surface area contributed by atoms with Gasteiger partial charge in [0.2, 0.25) is 0 Å². The minimum absolute atomic E-state index is 0.254. The molecule has 1 aromatic carbocycles. The Bertz CT molecular complexity index is 455. The van der Waals surface area contributed by atoms with Gasteiger partial charge in [-0.05, 0) is 61.8 Å². The maximum atomic E-state index is 6.20. The van der Waals surface area contributed by atoms with Gasteiger partial charge in [0.1, 0.15) is 0 Å². The molecule has 0 heterocycles. The smallest absolute Gasteiger partial charge is 0.0402 e. The monoisotopic (exact) mass is 352 g/mol. The van der Waals surface area contributed by atoms with Gasteiger partial charge in [-0.2, -0.15) is 0 Å². The van der Waals surface area contributed by atoms with E-state index in [1.54, 1.807) is 0 Å². The third kappa shape index (κ3) is 5.00. The molecule has 1 atom stereocenters. The zero-order chi connectivity index (χ0) is 15.4. The molecule has 1 aromatic rings. The maximum absolute atomic E-state index is 6.20. The molecule has 0 radical (unpaired) electrons. The van der Waals surface area contributed by atoms with Gasteiger partial charge >= 0.3 is 0 Å². The predicted octanol–water partition coefficient (Wildman–Crippen LogP) is 4.74. The molecule has 0 aromatic heterocycles. The van der Waals surface area contributed by atoms with Crippen molar-refractivity contribution in [3.63, 3.8) is 0 Å². The van der Waals surface area contributed by atoms with Gasteiger partial charge in [0.05, 0.1) is 0 Å². The summed E-state index contributed by atoms with van der Waals surface area (Å²) in [6.45, 7) is 7.94. The Balaban J connectivity index is 2.21. The highest BCUT2D eigenvalue weighted by molar-refractivity contribution is 9.10. The van der Waals surface area contributed by atoms with Crippen LogP contribution in [0.2, 0.25) is 0 Å². The van der Waals surface area contributed by atoms with Gasteiger partial charge in [-0.25, -0.2) is 0 Å². The summed E-state index contributed by atoms with van der Waals surface area (Å²) in [7, 11) is 0. The van der Waals surface area contributed by atoms with Crippen LogP contribution in [0.3, 0.4) is 0 Å². The summed E-state index contributed by atoms with van der Waals surface area (Å²) < 4.78 is 1.16. The van der Waals surface area contributed by atoms with E-state index >= 15 is 0 Å². The first-order valence-corrected chi connectivity index (χ1v) is 9.11. The van der Waals surface area contributed by atoms with E-state index in [0.29, 0.717) is 0 Å². The summed E-state index contributed by atoms with van der Waals surface area (Å²) >= 11 is 3.61. The molecule has 1 aliphatic carbocycles. The molecule has 0 bridgehead atoms. The number of anilines is 1. The van der Waals surface area contributed by atoms with Crippen molar-refractivity contribution in [1.82, 2.24) is 0 Å². The lowest BCUT2D eigenvalue weighted by atomic mass is 10.0. The molecule has 1 aliphatic rings. The third-order valence-corrected chi connectivity index (χ3v) is 4.79. The van der Waals surface area contributed by atoms with E-state index < -0.39 is 0 Å². The third-order valence-electron chi connectivity index (χ3n) is 4.29. The Morgan fingerprint density at radius 2 is 2.05 bits per heavy atom. The number of nitrogens with zero attached hydrogens (tertiary/aromatic N) is 1. The largest absolute Gasteiger partial charge is 0.368 e. The Morgan fingerprint density at radius 3 is 2.62 bits per heavy atom. The van der Waals surface area contributed by atoms with Crippen LogP contribution in [0.4, 0.5) is 5.69 Å². The molecule has 1 saturated carbocycles. The van der Waals surface area contributed by atoms with Gasteiger partial charge in [0.25, 0.3) is 0 Å². The second-order valence-corrected chi connectivity index (χ2v) is 7.67. The maximum Gasteiger partial charge on any atom is 0.0402 e. The fourth-order valence-corrected chi connectivity index (χ4v) is 3.12. The standard InChI is InChI=1S/C18H29BrN2/c1-4-16(20)12-14-11-15(19)5-8-18(14)21(17-6-7-17)10-9-13(2)3/h5,8,11,13,16-17H,4,6-7,9-10,12,20H2,1-3H3. The Kier molecular flexibility index (Phi) is 6.12. The van der Waals surface area contributed by atoms with Crippen molar-refractivity contribution in [3.8, 4) is 0 Å². The van der Waals surface area contributed by atoms with Crippen molar-refractivity contribution < 1.29 is 0 Å². The molecule has 2 N–H and O–H groups in total. The average Bonchev–Trinajstić information content (AvgIpc) is 3.25. The second-order valence-electron chi connectivity index (χ2n) is 6.75. The summed E-state index contributed by atoms with van der Waals surface area (Å²) in [5, 5.41) is 0. The van der Waals surface area contributed by atoms with Crippen LogP contribution >= 0.6 is 15.9 Å². The molecule has 0 aliphatic heterocycles. The molecule has 118 valence electrons. The van der Waals surface area contributed by atoms with Crippen LogP contribution in [0.25, 0.3) is 0 Å². The van der Waals surface area contributed by atoms with E-state index in [1.807, 2.05) is 0 Å². The highest BCUT2D eigenvalue weighted by Gasteiger charge is 2.30. The number of rotatable bonds is 8. The quantitative estimate of drug-likeness (QED) is 0.731. The molecular formula is C18H29BrN2. The van der Waals surface area contributed by atoms with Crippen LogP contribution in [0, 0.1) is 5.92 Å². The summed E-state index contributed by atoms with van der Waals surface area (Å²) in [6, 6.07) is 7.71. The van der Waals surface area contributed by atoms with Gasteiger partial charge < -0.3 is 10.6 Å². The summed E-state index contributed by atoms with van der Waals surface area (Å²) in [5.74, 6) is 0.753. The highest BCUT2D eigenvalue weighted by Crippen LogP contribution is 2.35. The first-order valence-electron chi connectivity index (χ1n) is 8.31. The van der Waals surface area contributed by atoms with Gasteiger partial charge in [-0.3, -0.25) is 0 Å². The fourth-order valence-electron chi connectivity index (χ4n) is 2.71. The minimum atomic E-state index is 0.254. The average molecular weight is 353 g/mol. The first-order chi connectivity index (χ1) is 10.0. The first kappa shape index (κ1) is 16.8. The summed E-state index contributed by atoms with van der Waals surface area (Å²) in [6.07, 6.45) is 5.93. The van der Waals surface area contributed by atoms with Crippen LogP contribution in [-0.2, 0) is 6.42 Å². The van der Waals surface area contributed by atoms with E-state index in [1.165, 1.54) is 37.1 Å². The normalized spacial score (nSPS) is 16.3. The van der Waals surface area contributed by atoms with Gasteiger partial charge in [0.15, 0.2) is 0 Å². The van der Waals surface area contributed by atoms with Gasteiger partial charge in [0, 0.05) is 28.8 Å². The number of nitrogens with two attached hydrogens (primary N) is 1. The van der Waals surface area contributed by atoms with Crippen LogP contribution in [0.5, 0.6) is 0 Å². The molecule has 21 heavy (non-hydrogen) atoms. The van der Waals surface area contributed by atoms with Crippen molar-refractivity contribution >= 4 is 21.6 Å². The predicted molar refractivity (Wildman–Crippen MR) is 95.9 cm³/mol. The summed E-state index contributed by atoms with van der Waals surface area (Å²) in [5.41, 5.74) is 9.01. The van der Waals surface area contributed by atoms with Crippen LogP contribution in [0.1, 0.15) is 52.0 Å². The van der Waals surface area contributed by atoms with Crippen LogP contribution in [-0.4, -0.2) is 18.6 Å². The molecule has 2 nitrogen and oxygen atoms in total. The van der Waals surface area contributed by atoms with Gasteiger partial charge in [-0.1, -0.05) is 36.7 Å². The van der Waals surface area contributed by atoms with E-state index in [4.69, 9.17) is 5.73 Å². The molecule has 0 spiro atoms. The number of benzene rings is 1. The minimum Gasteiger partial charge on any atom is -0.368 e. The molecule has 1 unspecified atom stereocenters. The molecule has 3 heteroatoms. The lowest BCUT2D eigenvalue weighted by Gasteiger charge is -2.29. The number of hydrogen-bond acceptors (Lipinski definition) is 2. The molecular weight excluding hydrogens is 324 g/mol. The van der Waals surface area contributed by atoms with E-state index in [9.17, 15) is 0 Å². The van der Waals surface area contributed by atoms with Crippen molar-refractivity contribution in [1.29, 1.82) is 0 Å². The van der Waals surface area contributed by atoms with Crippen molar-refractivity contribution in [3.05, 3.63) is 28.2 Å². The zero-order valence-corrected chi connectivity index (χ0v) is 15.2. The lowest BCUT2D eigenvalue weighted by Crippen LogP contribution is -2.30. The van der Waals surface area contributed by atoms with Crippen molar-refractivity contribution in [2.75, 3.05) is 11.4 Å². The van der Waals surface area contributed by atoms with E-state index in [0.717, 1.165) is 29.3 Å². The Hall–Kier alpha value is -0.540. The van der Waals surface area contributed by atoms with Gasteiger partial charge in [-0.15, -0.1) is 0 Å². The zero-order valence-electron chi connectivity index (χ0n) is 13.6. The lowest BCUT2D eigenvalue weighted by molar-refractivity contribution is 0.568. The summed E-state index contributed by atoms with van der Waals surface area (Å²) in [4.78, 5) is 2.63. The van der Waals surface area contributed by atoms with Crippen LogP contribution < -0.4 is 10.6 Å². The molecule has 0 amide bonds. The van der Waals surface area contributed by atoms with E-state index in [-0.39, 0.29) is 6.04 Å². The fraction of sp³-hybridized carbons (Fsp3) is 0.667. The van der Waals surface area contributed by atoms with E-state index in [2.05, 4.69) is 59.8 Å². The SMILES string of the molecule is CCC(N)Cc1cc(Br)ccc1N(CCC(C)C)C1CC1. The molecule has 0 saturated heterocycles. The Labute approximate surface area is 138 Å². The van der Waals surface area contributed by atoms with Crippen LogP contribution in [0.15, 0.2) is 22.7 Å². The highest BCUT2D eigenvalue weighted by atomic mass is 79.9. The van der Waals surface area contributed by atoms with Crippen molar-refractivity contribution in [2.45, 2.75) is 65.0 Å². The number of hydrogen-bond donors (Lipinski definition) is 1. The number of halogens is 1. The second kappa shape index (κ2) is 7.64. The topological polar surface area (TPSA) is 29.3 Å².